The molecule has 5 rings (SSSR count). The smallest absolute Gasteiger partial charge is 0.328 e. The number of methoxy groups -OCH3 is 1. The number of anilines is 1. The summed E-state index contributed by atoms with van der Waals surface area (Å²) in [5.41, 5.74) is 2.46. The highest BCUT2D eigenvalue weighted by molar-refractivity contribution is 5.96. The van der Waals surface area contributed by atoms with Crippen LogP contribution in [0.3, 0.4) is 0 Å². The van der Waals surface area contributed by atoms with E-state index in [0.29, 0.717) is 36.3 Å². The van der Waals surface area contributed by atoms with Crippen LogP contribution in [0.15, 0.2) is 42.0 Å². The zero-order chi connectivity index (χ0) is 33.0. The fourth-order valence-electron chi connectivity index (χ4n) is 7.19. The SMILES string of the molecule is CO[C@@H]1CC(=O)Nc2c(O)c3cc4c2[C@H]1[C@@H](/C=C/C=C/C[C@H](O)[C@H](C)[C@@H](OC(=O)[C@@H](C)NC(=O)C1CCCCC1)/C(C)=C\CC3)O4. The second-order valence-electron chi connectivity index (χ2n) is 13.2. The molecule has 1 fully saturated rings. The third-order valence-electron chi connectivity index (χ3n) is 9.96. The Kier molecular flexibility index (Phi) is 10.9. The van der Waals surface area contributed by atoms with Crippen molar-refractivity contribution in [1.29, 1.82) is 0 Å². The van der Waals surface area contributed by atoms with Gasteiger partial charge in [-0.15, -0.1) is 0 Å². The van der Waals surface area contributed by atoms with Gasteiger partial charge in [-0.05, 0) is 63.7 Å². The van der Waals surface area contributed by atoms with Crippen LogP contribution in [0.25, 0.3) is 0 Å². The molecule has 4 aliphatic rings. The third kappa shape index (κ3) is 7.33. The van der Waals surface area contributed by atoms with Crippen molar-refractivity contribution in [2.24, 2.45) is 11.8 Å². The maximum atomic E-state index is 13.3. The lowest BCUT2D eigenvalue weighted by atomic mass is 9.86. The van der Waals surface area contributed by atoms with Gasteiger partial charge in [0.25, 0.3) is 0 Å². The highest BCUT2D eigenvalue weighted by atomic mass is 16.5. The van der Waals surface area contributed by atoms with Gasteiger partial charge in [0.2, 0.25) is 11.8 Å². The van der Waals surface area contributed by atoms with Crippen molar-refractivity contribution in [3.63, 3.8) is 0 Å². The van der Waals surface area contributed by atoms with Crippen LogP contribution in [0.5, 0.6) is 11.5 Å². The summed E-state index contributed by atoms with van der Waals surface area (Å²) in [7, 11) is 1.57. The molecule has 2 amide bonds. The van der Waals surface area contributed by atoms with E-state index in [2.05, 4.69) is 10.6 Å². The molecule has 10 heteroatoms. The molecule has 7 atom stereocenters. The number of fused-ring (bicyclic) bond motifs is 3. The minimum atomic E-state index is -0.828. The molecule has 250 valence electrons. The largest absolute Gasteiger partial charge is 0.505 e. The Balaban J connectivity index is 1.40. The first-order valence-corrected chi connectivity index (χ1v) is 16.7. The summed E-state index contributed by atoms with van der Waals surface area (Å²) in [6.45, 7) is 5.34. The topological polar surface area (TPSA) is 143 Å². The Labute approximate surface area is 271 Å². The second kappa shape index (κ2) is 14.9. The molecule has 0 saturated heterocycles. The van der Waals surface area contributed by atoms with Gasteiger partial charge < -0.3 is 35.1 Å². The number of rotatable bonds is 5. The van der Waals surface area contributed by atoms with Crippen molar-refractivity contribution in [1.82, 2.24) is 5.32 Å². The number of carbonyl (C=O) groups is 3. The maximum Gasteiger partial charge on any atom is 0.328 e. The first kappa shape index (κ1) is 33.7. The van der Waals surface area contributed by atoms with Crippen LogP contribution in [-0.2, 0) is 30.3 Å². The molecule has 3 heterocycles. The molecule has 46 heavy (non-hydrogen) atoms. The number of esters is 1. The lowest BCUT2D eigenvalue weighted by Gasteiger charge is -2.30. The van der Waals surface area contributed by atoms with Crippen molar-refractivity contribution in [2.45, 2.75) is 115 Å². The van der Waals surface area contributed by atoms with Crippen molar-refractivity contribution in [2.75, 3.05) is 12.4 Å². The van der Waals surface area contributed by atoms with E-state index in [9.17, 15) is 24.6 Å². The highest BCUT2D eigenvalue weighted by Crippen LogP contribution is 2.52. The van der Waals surface area contributed by atoms with E-state index in [1.807, 2.05) is 50.3 Å². The molecule has 3 aliphatic heterocycles. The fourth-order valence-corrected chi connectivity index (χ4v) is 7.19. The number of hydrogen-bond acceptors (Lipinski definition) is 8. The van der Waals surface area contributed by atoms with Crippen molar-refractivity contribution >= 4 is 23.5 Å². The number of aliphatic hydroxyl groups excluding tert-OH is 1. The molecule has 1 aliphatic carbocycles. The number of aromatic hydroxyl groups is 1. The first-order chi connectivity index (χ1) is 22.1. The van der Waals surface area contributed by atoms with E-state index in [4.69, 9.17) is 14.2 Å². The molecule has 1 aromatic rings. The second-order valence-corrected chi connectivity index (χ2v) is 13.2. The van der Waals surface area contributed by atoms with E-state index < -0.39 is 42.3 Å². The lowest BCUT2D eigenvalue weighted by molar-refractivity contribution is -0.155. The Morgan fingerprint density at radius 3 is 2.67 bits per heavy atom. The molecule has 0 unspecified atom stereocenters. The standard InChI is InChI=1S/C36H48N2O8/c1-20-12-11-15-24-18-28-31-30(27(44-4)19-29(40)38-32(31)33(24)41)26(45-28)17-10-6-9-16-25(39)21(2)34(20)46-36(43)22(3)37-35(42)23-13-7-5-8-14-23/h6,9-10,12,17-18,21-23,25-27,30,34,39,41H,5,7-8,11,13-16,19H2,1-4H3,(H,37,42)(H,38,40)/b9-6+,17-10+,20-12-/t21-,22+,25-,26+,27+,30-,34-/m0/s1. The number of allylic oxidation sites excluding steroid dienone is 3. The van der Waals surface area contributed by atoms with Gasteiger partial charge in [-0.25, -0.2) is 4.79 Å². The number of benzene rings is 1. The van der Waals surface area contributed by atoms with E-state index >= 15 is 0 Å². The lowest BCUT2D eigenvalue weighted by Crippen LogP contribution is -2.45. The average Bonchev–Trinajstić information content (AvgIpc) is 3.32. The Bertz CT molecular complexity index is 1390. The molecule has 0 radical (unpaired) electrons. The van der Waals surface area contributed by atoms with Crippen LogP contribution in [0.1, 0.15) is 89.2 Å². The zero-order valence-electron chi connectivity index (χ0n) is 27.3. The number of ether oxygens (including phenoxy) is 3. The number of aliphatic hydroxyl groups is 1. The minimum Gasteiger partial charge on any atom is -0.505 e. The summed E-state index contributed by atoms with van der Waals surface area (Å²) in [6.07, 6.45) is 13.2. The van der Waals surface area contributed by atoms with Crippen LogP contribution < -0.4 is 15.4 Å². The summed E-state index contributed by atoms with van der Waals surface area (Å²) in [4.78, 5) is 38.9. The summed E-state index contributed by atoms with van der Waals surface area (Å²) in [6, 6.07) is 1.00. The van der Waals surface area contributed by atoms with Gasteiger partial charge in [-0.2, -0.15) is 0 Å². The van der Waals surface area contributed by atoms with Crippen LogP contribution in [0.4, 0.5) is 5.69 Å². The Morgan fingerprint density at radius 1 is 1.17 bits per heavy atom. The molecular weight excluding hydrogens is 588 g/mol. The zero-order valence-corrected chi connectivity index (χ0v) is 27.3. The van der Waals surface area contributed by atoms with E-state index in [1.165, 1.54) is 0 Å². The molecule has 10 nitrogen and oxygen atoms in total. The molecule has 4 N–H and O–H groups in total. The van der Waals surface area contributed by atoms with E-state index in [-0.39, 0.29) is 35.8 Å². The van der Waals surface area contributed by atoms with Crippen LogP contribution >= 0.6 is 0 Å². The maximum absolute atomic E-state index is 13.3. The number of nitrogens with one attached hydrogen (secondary N) is 2. The number of phenols is 1. The van der Waals surface area contributed by atoms with Crippen LogP contribution in [0, 0.1) is 11.8 Å². The summed E-state index contributed by atoms with van der Waals surface area (Å²) >= 11 is 0. The summed E-state index contributed by atoms with van der Waals surface area (Å²) < 4.78 is 18.1. The van der Waals surface area contributed by atoms with Crippen LogP contribution in [-0.4, -0.2) is 65.6 Å². The molecule has 1 aromatic carbocycles. The predicted octanol–water partition coefficient (Wildman–Crippen LogP) is 4.98. The monoisotopic (exact) mass is 636 g/mol. The summed E-state index contributed by atoms with van der Waals surface area (Å²) in [5.74, 6) is -1.12. The predicted molar refractivity (Wildman–Crippen MR) is 174 cm³/mol. The van der Waals surface area contributed by atoms with E-state index in [1.54, 1.807) is 14.0 Å². The highest BCUT2D eigenvalue weighted by Gasteiger charge is 2.45. The molecule has 0 spiro atoms. The molecule has 1 saturated carbocycles. The quantitative estimate of drug-likeness (QED) is 0.201. The fraction of sp³-hybridized carbons (Fsp3) is 0.583. The van der Waals surface area contributed by atoms with Gasteiger partial charge in [0.15, 0.2) is 0 Å². The van der Waals surface area contributed by atoms with Gasteiger partial charge in [-0.1, -0.05) is 50.5 Å². The van der Waals surface area contributed by atoms with Gasteiger partial charge in [-0.3, -0.25) is 9.59 Å². The van der Waals surface area contributed by atoms with Gasteiger partial charge >= 0.3 is 5.97 Å². The minimum absolute atomic E-state index is 0.00319. The van der Waals surface area contributed by atoms with Crippen molar-refractivity contribution in [3.8, 4) is 11.5 Å². The third-order valence-corrected chi connectivity index (χ3v) is 9.96. The number of hydrogen-bond donors (Lipinski definition) is 4. The normalized spacial score (nSPS) is 31.7. The van der Waals surface area contributed by atoms with Crippen LogP contribution in [0.2, 0.25) is 0 Å². The Hall–Kier alpha value is -3.63. The van der Waals surface area contributed by atoms with Gasteiger partial charge in [0, 0.05) is 30.1 Å². The van der Waals surface area contributed by atoms with Gasteiger partial charge in [0.05, 0.1) is 30.2 Å². The summed E-state index contributed by atoms with van der Waals surface area (Å²) in [5, 5.41) is 28.2. The number of amides is 2. The number of aryl methyl sites for hydroxylation is 1. The van der Waals surface area contributed by atoms with Gasteiger partial charge in [0.1, 0.15) is 29.7 Å². The van der Waals surface area contributed by atoms with Crippen molar-refractivity contribution < 1.29 is 38.8 Å². The molecule has 0 aromatic heterocycles. The molecular formula is C36H48N2O8. The van der Waals surface area contributed by atoms with E-state index in [0.717, 1.165) is 43.2 Å². The van der Waals surface area contributed by atoms with Crippen molar-refractivity contribution in [3.05, 3.63) is 53.1 Å². The number of phenolic OH excluding ortho intramolecular Hbond substituents is 1. The first-order valence-electron chi connectivity index (χ1n) is 16.7. The average molecular weight is 637 g/mol. The number of carbonyl (C=O) groups excluding carboxylic acids is 3. The molecule has 3 bridgehead atoms. The Morgan fingerprint density at radius 2 is 1.93 bits per heavy atom.